The van der Waals surface area contributed by atoms with Crippen molar-refractivity contribution in [2.45, 2.75) is 6.92 Å². The van der Waals surface area contributed by atoms with Crippen LogP contribution >= 0.6 is 0 Å². The standard InChI is InChI=1S/C8H9N3O3/c1-5(12)11-7-3-2-6(4-10-7)14-8(9)13/h2-4H,1H3,(H2,9,13)(H,10,11,12). The molecule has 0 aliphatic heterocycles. The second-order valence-electron chi connectivity index (χ2n) is 2.48. The smallest absolute Gasteiger partial charge is 0.409 e. The molecule has 2 amide bonds. The van der Waals surface area contributed by atoms with Crippen LogP contribution in [-0.2, 0) is 4.79 Å². The molecule has 0 saturated carbocycles. The van der Waals surface area contributed by atoms with Gasteiger partial charge in [0.1, 0.15) is 5.82 Å². The lowest BCUT2D eigenvalue weighted by Gasteiger charge is -2.02. The number of carbonyl (C=O) groups is 2. The molecule has 0 saturated heterocycles. The molecule has 1 aromatic rings. The maximum atomic E-state index is 10.6. The van der Waals surface area contributed by atoms with E-state index in [1.54, 1.807) is 0 Å². The summed E-state index contributed by atoms with van der Waals surface area (Å²) in [6.45, 7) is 1.37. The van der Waals surface area contributed by atoms with Crippen LogP contribution in [0.5, 0.6) is 5.75 Å². The molecule has 0 aliphatic carbocycles. The van der Waals surface area contributed by atoms with Crippen LogP contribution in [0.1, 0.15) is 6.92 Å². The lowest BCUT2D eigenvalue weighted by atomic mass is 10.4. The number of pyridine rings is 1. The highest BCUT2D eigenvalue weighted by molar-refractivity contribution is 5.87. The molecule has 1 rings (SSSR count). The van der Waals surface area contributed by atoms with Crippen LogP contribution in [0.3, 0.4) is 0 Å². The van der Waals surface area contributed by atoms with Crippen molar-refractivity contribution in [3.8, 4) is 5.75 Å². The minimum absolute atomic E-state index is 0.221. The molecule has 0 aliphatic rings. The van der Waals surface area contributed by atoms with Gasteiger partial charge in [-0.1, -0.05) is 0 Å². The number of aromatic nitrogens is 1. The highest BCUT2D eigenvalue weighted by atomic mass is 16.5. The van der Waals surface area contributed by atoms with Crippen molar-refractivity contribution in [2.24, 2.45) is 5.73 Å². The van der Waals surface area contributed by atoms with Crippen LogP contribution in [0.25, 0.3) is 0 Å². The van der Waals surface area contributed by atoms with Gasteiger partial charge in [-0.05, 0) is 12.1 Å². The largest absolute Gasteiger partial charge is 0.410 e. The second-order valence-corrected chi connectivity index (χ2v) is 2.48. The van der Waals surface area contributed by atoms with Gasteiger partial charge in [-0.3, -0.25) is 4.79 Å². The van der Waals surface area contributed by atoms with E-state index in [1.807, 2.05) is 0 Å². The minimum Gasteiger partial charge on any atom is -0.409 e. The zero-order valence-corrected chi connectivity index (χ0v) is 7.48. The maximum absolute atomic E-state index is 10.6. The summed E-state index contributed by atoms with van der Waals surface area (Å²) < 4.78 is 4.54. The predicted octanol–water partition coefficient (Wildman–Crippen LogP) is 0.497. The lowest BCUT2D eigenvalue weighted by molar-refractivity contribution is -0.114. The summed E-state index contributed by atoms with van der Waals surface area (Å²) in [5, 5.41) is 2.46. The summed E-state index contributed by atoms with van der Waals surface area (Å²) in [6, 6.07) is 2.97. The summed E-state index contributed by atoms with van der Waals surface area (Å²) in [7, 11) is 0. The van der Waals surface area contributed by atoms with Gasteiger partial charge >= 0.3 is 6.09 Å². The van der Waals surface area contributed by atoms with E-state index < -0.39 is 6.09 Å². The fourth-order valence-corrected chi connectivity index (χ4v) is 0.811. The van der Waals surface area contributed by atoms with E-state index in [0.29, 0.717) is 5.82 Å². The van der Waals surface area contributed by atoms with Gasteiger partial charge in [0.25, 0.3) is 0 Å². The highest BCUT2D eigenvalue weighted by Gasteiger charge is 2.00. The third kappa shape index (κ3) is 3.10. The molecule has 6 heteroatoms. The van der Waals surface area contributed by atoms with Crippen LogP contribution in [0.4, 0.5) is 10.6 Å². The van der Waals surface area contributed by atoms with Crippen LogP contribution < -0.4 is 15.8 Å². The number of primary amides is 1. The maximum Gasteiger partial charge on any atom is 0.410 e. The molecule has 0 radical (unpaired) electrons. The van der Waals surface area contributed by atoms with Crippen molar-refractivity contribution in [3.05, 3.63) is 18.3 Å². The van der Waals surface area contributed by atoms with Gasteiger partial charge < -0.3 is 15.8 Å². The van der Waals surface area contributed by atoms with Crippen LogP contribution in [0.15, 0.2) is 18.3 Å². The Morgan fingerprint density at radius 1 is 1.50 bits per heavy atom. The van der Waals surface area contributed by atoms with E-state index in [1.165, 1.54) is 25.3 Å². The van der Waals surface area contributed by atoms with E-state index in [2.05, 4.69) is 15.0 Å². The number of anilines is 1. The third-order valence-corrected chi connectivity index (χ3v) is 1.26. The third-order valence-electron chi connectivity index (χ3n) is 1.26. The molecule has 0 bridgehead atoms. The van der Waals surface area contributed by atoms with Crippen LogP contribution in [-0.4, -0.2) is 17.0 Å². The Labute approximate surface area is 80.1 Å². The summed E-state index contributed by atoms with van der Waals surface area (Å²) in [5.41, 5.74) is 4.78. The first-order valence-corrected chi connectivity index (χ1v) is 3.79. The fourth-order valence-electron chi connectivity index (χ4n) is 0.811. The quantitative estimate of drug-likeness (QED) is 0.718. The van der Waals surface area contributed by atoms with E-state index in [9.17, 15) is 9.59 Å². The Morgan fingerprint density at radius 2 is 2.21 bits per heavy atom. The molecule has 0 unspecified atom stereocenters. The molecule has 14 heavy (non-hydrogen) atoms. The summed E-state index contributed by atoms with van der Waals surface area (Å²) in [4.78, 5) is 24.8. The number of nitrogens with two attached hydrogens (primary N) is 1. The van der Waals surface area contributed by atoms with Crippen molar-refractivity contribution in [1.82, 2.24) is 4.98 Å². The zero-order valence-electron chi connectivity index (χ0n) is 7.48. The first-order chi connectivity index (χ1) is 6.58. The van der Waals surface area contributed by atoms with Gasteiger partial charge in [0, 0.05) is 6.92 Å². The molecule has 1 aromatic heterocycles. The fraction of sp³-hybridized carbons (Fsp3) is 0.125. The zero-order chi connectivity index (χ0) is 10.6. The Balaban J connectivity index is 2.68. The molecule has 0 spiro atoms. The topological polar surface area (TPSA) is 94.3 Å². The summed E-state index contributed by atoms with van der Waals surface area (Å²) >= 11 is 0. The number of carbonyl (C=O) groups excluding carboxylic acids is 2. The molecule has 6 nitrogen and oxygen atoms in total. The first-order valence-electron chi connectivity index (χ1n) is 3.79. The molecule has 0 fully saturated rings. The van der Waals surface area contributed by atoms with Gasteiger partial charge in [0.15, 0.2) is 5.75 Å². The molecule has 0 atom stereocenters. The van der Waals surface area contributed by atoms with Gasteiger partial charge in [0.2, 0.25) is 5.91 Å². The number of hydrogen-bond acceptors (Lipinski definition) is 4. The van der Waals surface area contributed by atoms with Gasteiger partial charge in [-0.2, -0.15) is 0 Å². The van der Waals surface area contributed by atoms with Crippen molar-refractivity contribution in [2.75, 3.05) is 5.32 Å². The van der Waals surface area contributed by atoms with Crippen molar-refractivity contribution < 1.29 is 14.3 Å². The second kappa shape index (κ2) is 4.22. The van der Waals surface area contributed by atoms with Gasteiger partial charge in [-0.15, -0.1) is 0 Å². The number of nitrogens with zero attached hydrogens (tertiary/aromatic N) is 1. The number of amides is 2. The van der Waals surface area contributed by atoms with E-state index >= 15 is 0 Å². The Bertz CT molecular complexity index is 312. The van der Waals surface area contributed by atoms with Crippen LogP contribution in [0.2, 0.25) is 0 Å². The first kappa shape index (κ1) is 9.97. The Hall–Kier alpha value is -2.11. The van der Waals surface area contributed by atoms with Crippen molar-refractivity contribution >= 4 is 17.8 Å². The predicted molar refractivity (Wildman–Crippen MR) is 48.8 cm³/mol. The molecule has 3 N–H and O–H groups in total. The number of ether oxygens (including phenoxy) is 1. The minimum atomic E-state index is -0.904. The molecule has 0 aromatic carbocycles. The number of hydrogen-bond donors (Lipinski definition) is 2. The summed E-state index contributed by atoms with van der Waals surface area (Å²) in [6.07, 6.45) is 0.384. The van der Waals surface area contributed by atoms with Gasteiger partial charge in [0.05, 0.1) is 6.20 Å². The Morgan fingerprint density at radius 3 is 2.64 bits per heavy atom. The molecule has 1 heterocycles. The lowest BCUT2D eigenvalue weighted by Crippen LogP contribution is -2.16. The van der Waals surface area contributed by atoms with Crippen molar-refractivity contribution in [3.63, 3.8) is 0 Å². The average Bonchev–Trinajstić information content (AvgIpc) is 2.06. The molecule has 74 valence electrons. The molecular formula is C8H9N3O3. The normalized spacial score (nSPS) is 9.21. The number of rotatable bonds is 2. The summed E-state index contributed by atoms with van der Waals surface area (Å²) in [5.74, 6) is 0.391. The highest BCUT2D eigenvalue weighted by Crippen LogP contribution is 2.11. The average molecular weight is 195 g/mol. The molecular weight excluding hydrogens is 186 g/mol. The van der Waals surface area contributed by atoms with E-state index in [4.69, 9.17) is 5.73 Å². The monoisotopic (exact) mass is 195 g/mol. The van der Waals surface area contributed by atoms with Crippen molar-refractivity contribution in [1.29, 1.82) is 0 Å². The van der Waals surface area contributed by atoms with E-state index in [-0.39, 0.29) is 11.7 Å². The van der Waals surface area contributed by atoms with E-state index in [0.717, 1.165) is 0 Å². The Kier molecular flexibility index (Phi) is 3.01. The van der Waals surface area contributed by atoms with Crippen LogP contribution in [0, 0.1) is 0 Å². The SMILES string of the molecule is CC(=O)Nc1ccc(OC(N)=O)cn1. The van der Waals surface area contributed by atoms with Gasteiger partial charge in [-0.25, -0.2) is 9.78 Å². The number of nitrogens with one attached hydrogen (secondary N) is 1.